The topological polar surface area (TPSA) is 58.4 Å². The Morgan fingerprint density at radius 1 is 0.967 bits per heavy atom. The molecule has 2 N–H and O–H groups in total. The fourth-order valence-electron chi connectivity index (χ4n) is 3.07. The third-order valence-electron chi connectivity index (χ3n) is 4.68. The van der Waals surface area contributed by atoms with E-state index in [9.17, 15) is 4.79 Å². The van der Waals surface area contributed by atoms with E-state index in [1.54, 1.807) is 22.9 Å². The second-order valence-corrected chi connectivity index (χ2v) is 7.35. The van der Waals surface area contributed by atoms with Crippen LogP contribution in [0, 0.1) is 0 Å². The Balaban J connectivity index is 1.55. The van der Waals surface area contributed by atoms with Gasteiger partial charge in [-0.1, -0.05) is 60.1 Å². The van der Waals surface area contributed by atoms with Crippen LogP contribution in [0.1, 0.15) is 23.6 Å². The van der Waals surface area contributed by atoms with Crippen molar-refractivity contribution in [1.29, 1.82) is 0 Å². The number of pyridine rings is 1. The number of benzene rings is 2. The number of hydrogen-bond acceptors (Lipinski definition) is 2. The Morgan fingerprint density at radius 3 is 2.43 bits per heavy atom. The first-order valence-electron chi connectivity index (χ1n) is 10.1. The van der Waals surface area contributed by atoms with Crippen LogP contribution < -0.4 is 16.2 Å². The van der Waals surface area contributed by atoms with Crippen LogP contribution in [0.15, 0.2) is 82.7 Å². The highest BCUT2D eigenvalue weighted by Crippen LogP contribution is 2.14. The van der Waals surface area contributed by atoms with E-state index in [1.807, 2.05) is 49.4 Å². The standard InChI is InChI=1S/C24H27ClN4O/c1-2-26-24(27-15-14-21-7-3-4-8-22(21)25)28-17-19-10-12-20(13-11-19)18-29-16-6-5-9-23(29)30/h3-13,16H,2,14-15,17-18H2,1H3,(H2,26,27,28). The summed E-state index contributed by atoms with van der Waals surface area (Å²) in [7, 11) is 0. The second kappa shape index (κ2) is 11.2. The van der Waals surface area contributed by atoms with Crippen molar-refractivity contribution >= 4 is 17.6 Å². The summed E-state index contributed by atoms with van der Waals surface area (Å²) >= 11 is 6.22. The molecule has 0 unspecified atom stereocenters. The van der Waals surface area contributed by atoms with Crippen LogP contribution in [0.4, 0.5) is 0 Å². The molecule has 0 aliphatic carbocycles. The van der Waals surface area contributed by atoms with Crippen LogP contribution in [0.2, 0.25) is 5.02 Å². The SMILES string of the molecule is CCNC(=NCc1ccc(Cn2ccccc2=O)cc1)NCCc1ccccc1Cl. The van der Waals surface area contributed by atoms with Crippen molar-refractivity contribution in [3.63, 3.8) is 0 Å². The molecule has 5 nitrogen and oxygen atoms in total. The molecule has 0 fully saturated rings. The molecule has 0 saturated heterocycles. The molecule has 0 spiro atoms. The van der Waals surface area contributed by atoms with Crippen molar-refractivity contribution in [1.82, 2.24) is 15.2 Å². The van der Waals surface area contributed by atoms with Gasteiger partial charge in [0.05, 0.1) is 13.1 Å². The fraction of sp³-hybridized carbons (Fsp3) is 0.250. The van der Waals surface area contributed by atoms with E-state index in [1.165, 1.54) is 0 Å². The summed E-state index contributed by atoms with van der Waals surface area (Å²) in [5.74, 6) is 0.782. The Kier molecular flexibility index (Phi) is 8.10. The molecule has 0 saturated carbocycles. The molecular weight excluding hydrogens is 396 g/mol. The molecule has 1 heterocycles. The fourth-order valence-corrected chi connectivity index (χ4v) is 3.30. The van der Waals surface area contributed by atoms with Crippen LogP contribution in [-0.2, 0) is 19.5 Å². The van der Waals surface area contributed by atoms with Gasteiger partial charge in [0.2, 0.25) is 0 Å². The summed E-state index contributed by atoms with van der Waals surface area (Å²) < 4.78 is 1.69. The minimum atomic E-state index is 0.00400. The van der Waals surface area contributed by atoms with Crippen LogP contribution in [-0.4, -0.2) is 23.6 Å². The molecule has 0 atom stereocenters. The lowest BCUT2D eigenvalue weighted by Gasteiger charge is -2.12. The predicted molar refractivity (Wildman–Crippen MR) is 124 cm³/mol. The van der Waals surface area contributed by atoms with Gasteiger partial charge in [0, 0.05) is 30.4 Å². The van der Waals surface area contributed by atoms with Crippen LogP contribution in [0.25, 0.3) is 0 Å². The Morgan fingerprint density at radius 2 is 1.70 bits per heavy atom. The molecule has 0 aliphatic rings. The highest BCUT2D eigenvalue weighted by atomic mass is 35.5. The number of nitrogens with one attached hydrogen (secondary N) is 2. The van der Waals surface area contributed by atoms with Gasteiger partial charge in [-0.05, 0) is 42.2 Å². The third kappa shape index (κ3) is 6.49. The normalized spacial score (nSPS) is 11.3. The van der Waals surface area contributed by atoms with E-state index in [2.05, 4.69) is 27.8 Å². The summed E-state index contributed by atoms with van der Waals surface area (Å²) in [6, 6.07) is 21.3. The van der Waals surface area contributed by atoms with Crippen LogP contribution >= 0.6 is 11.6 Å². The summed E-state index contributed by atoms with van der Waals surface area (Å²) in [5.41, 5.74) is 3.32. The van der Waals surface area contributed by atoms with Gasteiger partial charge in [-0.2, -0.15) is 0 Å². The quantitative estimate of drug-likeness (QED) is 0.428. The van der Waals surface area contributed by atoms with Gasteiger partial charge in [-0.3, -0.25) is 4.79 Å². The minimum absolute atomic E-state index is 0.00400. The van der Waals surface area contributed by atoms with Gasteiger partial charge in [0.15, 0.2) is 5.96 Å². The lowest BCUT2D eigenvalue weighted by molar-refractivity contribution is 0.759. The van der Waals surface area contributed by atoms with Crippen LogP contribution in [0.3, 0.4) is 0 Å². The molecule has 6 heteroatoms. The molecule has 0 aliphatic heterocycles. The number of aliphatic imine (C=N–C) groups is 1. The summed E-state index contributed by atoms with van der Waals surface area (Å²) in [5, 5.41) is 7.42. The molecule has 0 amide bonds. The first-order chi connectivity index (χ1) is 14.7. The van der Waals surface area contributed by atoms with Crippen molar-refractivity contribution in [2.75, 3.05) is 13.1 Å². The maximum Gasteiger partial charge on any atom is 0.250 e. The van der Waals surface area contributed by atoms with Gasteiger partial charge in [-0.15, -0.1) is 0 Å². The number of hydrogen-bond donors (Lipinski definition) is 2. The van der Waals surface area contributed by atoms with E-state index in [-0.39, 0.29) is 5.56 Å². The Labute approximate surface area is 182 Å². The molecule has 3 rings (SSSR count). The highest BCUT2D eigenvalue weighted by molar-refractivity contribution is 6.31. The average Bonchev–Trinajstić information content (AvgIpc) is 2.76. The van der Waals surface area contributed by atoms with Crippen LogP contribution in [0.5, 0.6) is 0 Å². The maximum absolute atomic E-state index is 11.8. The number of rotatable bonds is 8. The minimum Gasteiger partial charge on any atom is -0.357 e. The van der Waals surface area contributed by atoms with Crippen molar-refractivity contribution in [3.8, 4) is 0 Å². The van der Waals surface area contributed by atoms with Gasteiger partial charge >= 0.3 is 0 Å². The molecule has 3 aromatic rings. The van der Waals surface area contributed by atoms with Gasteiger partial charge < -0.3 is 15.2 Å². The second-order valence-electron chi connectivity index (χ2n) is 6.95. The first-order valence-corrected chi connectivity index (χ1v) is 10.5. The van der Waals surface area contributed by atoms with E-state index < -0.39 is 0 Å². The van der Waals surface area contributed by atoms with E-state index in [0.717, 1.165) is 47.2 Å². The molecule has 1 aromatic heterocycles. The first kappa shape index (κ1) is 21.7. The largest absolute Gasteiger partial charge is 0.357 e. The maximum atomic E-state index is 11.8. The number of guanidine groups is 1. The smallest absolute Gasteiger partial charge is 0.250 e. The number of aromatic nitrogens is 1. The lowest BCUT2D eigenvalue weighted by Crippen LogP contribution is -2.38. The number of nitrogens with zero attached hydrogens (tertiary/aromatic N) is 2. The van der Waals surface area contributed by atoms with E-state index in [0.29, 0.717) is 13.1 Å². The lowest BCUT2D eigenvalue weighted by atomic mass is 10.1. The Hall–Kier alpha value is -3.05. The van der Waals surface area contributed by atoms with Gasteiger partial charge in [0.1, 0.15) is 0 Å². The van der Waals surface area contributed by atoms with Crippen molar-refractivity contribution < 1.29 is 0 Å². The Bertz CT molecular complexity index is 1030. The molecule has 2 aromatic carbocycles. The van der Waals surface area contributed by atoms with Gasteiger partial charge in [-0.25, -0.2) is 4.99 Å². The zero-order chi connectivity index (χ0) is 21.2. The van der Waals surface area contributed by atoms with E-state index >= 15 is 0 Å². The molecule has 156 valence electrons. The van der Waals surface area contributed by atoms with Gasteiger partial charge in [0.25, 0.3) is 5.56 Å². The molecule has 30 heavy (non-hydrogen) atoms. The van der Waals surface area contributed by atoms with Crippen molar-refractivity contribution in [2.45, 2.75) is 26.4 Å². The number of halogens is 1. The summed E-state index contributed by atoms with van der Waals surface area (Å²) in [4.78, 5) is 16.5. The third-order valence-corrected chi connectivity index (χ3v) is 5.05. The highest BCUT2D eigenvalue weighted by Gasteiger charge is 2.02. The summed E-state index contributed by atoms with van der Waals surface area (Å²) in [6.45, 7) is 4.73. The predicted octanol–water partition coefficient (Wildman–Crippen LogP) is 3.85. The molecule has 0 bridgehead atoms. The summed E-state index contributed by atoms with van der Waals surface area (Å²) in [6.07, 6.45) is 2.63. The average molecular weight is 423 g/mol. The zero-order valence-corrected chi connectivity index (χ0v) is 17.9. The van der Waals surface area contributed by atoms with Crippen molar-refractivity contribution in [3.05, 3.63) is 105 Å². The monoisotopic (exact) mass is 422 g/mol. The van der Waals surface area contributed by atoms with Crippen molar-refractivity contribution in [2.24, 2.45) is 4.99 Å². The van der Waals surface area contributed by atoms with E-state index in [4.69, 9.17) is 11.6 Å². The molecular formula is C24H27ClN4O. The zero-order valence-electron chi connectivity index (χ0n) is 17.1. The molecule has 0 radical (unpaired) electrons.